The van der Waals surface area contributed by atoms with Crippen LogP contribution in [0, 0.1) is 18.2 Å². The number of halogens is 3. The fourth-order valence-electron chi connectivity index (χ4n) is 5.84. The van der Waals surface area contributed by atoms with Crippen molar-refractivity contribution in [1.82, 2.24) is 19.6 Å². The zero-order valence-corrected chi connectivity index (χ0v) is 24.1. The van der Waals surface area contributed by atoms with Gasteiger partial charge >= 0.3 is 0 Å². The first-order chi connectivity index (χ1) is 20.3. The molecule has 0 aliphatic carbocycles. The van der Waals surface area contributed by atoms with Gasteiger partial charge in [0.2, 0.25) is 12.5 Å². The van der Waals surface area contributed by atoms with Gasteiger partial charge in [-0.15, -0.1) is 11.8 Å². The Morgan fingerprint density at radius 3 is 2.79 bits per heavy atom. The van der Waals surface area contributed by atoms with Crippen LogP contribution < -0.4 is 4.90 Å². The van der Waals surface area contributed by atoms with Crippen molar-refractivity contribution in [2.75, 3.05) is 36.8 Å². The molecule has 2 atom stereocenters. The highest BCUT2D eigenvalue weighted by atomic mass is 35.5. The summed E-state index contributed by atoms with van der Waals surface area (Å²) >= 11 is 8.47. The third-order valence-corrected chi connectivity index (χ3v) is 9.22. The monoisotopic (exact) mass is 605 g/mol. The highest BCUT2D eigenvalue weighted by Gasteiger charge is 2.41. The first-order valence-electron chi connectivity index (χ1n) is 13.3. The number of nitrogens with zero attached hydrogens (tertiary/aromatic N) is 7. The van der Waals surface area contributed by atoms with E-state index in [1.807, 2.05) is 16.9 Å². The van der Waals surface area contributed by atoms with Gasteiger partial charge in [-0.25, -0.2) is 20.3 Å². The summed E-state index contributed by atoms with van der Waals surface area (Å²) in [6, 6.07) is 6.71. The Labute approximate surface area is 251 Å². The van der Waals surface area contributed by atoms with Crippen LogP contribution in [-0.2, 0) is 11.3 Å². The zero-order chi connectivity index (χ0) is 29.5. The Morgan fingerprint density at radius 1 is 1.24 bits per heavy atom. The molecular formula is C30H26ClF2N7OS. The van der Waals surface area contributed by atoms with Crippen LogP contribution in [0.15, 0.2) is 77.7 Å². The number of amides is 1. The van der Waals surface area contributed by atoms with Gasteiger partial charge in [-0.3, -0.25) is 9.48 Å². The molecule has 6 rings (SSSR count). The predicted molar refractivity (Wildman–Crippen MR) is 160 cm³/mol. The maximum absolute atomic E-state index is 15.2. The van der Waals surface area contributed by atoms with Crippen molar-refractivity contribution in [1.29, 1.82) is 0 Å². The van der Waals surface area contributed by atoms with Crippen LogP contribution in [0.1, 0.15) is 5.56 Å². The van der Waals surface area contributed by atoms with E-state index in [9.17, 15) is 9.18 Å². The van der Waals surface area contributed by atoms with E-state index in [-0.39, 0.29) is 30.1 Å². The Balaban J connectivity index is 1.48. The van der Waals surface area contributed by atoms with Gasteiger partial charge in [0.15, 0.2) is 0 Å². The summed E-state index contributed by atoms with van der Waals surface area (Å²) < 4.78 is 30.8. The number of aromatic nitrogens is 2. The van der Waals surface area contributed by atoms with Crippen molar-refractivity contribution in [3.63, 3.8) is 0 Å². The molecule has 1 saturated heterocycles. The summed E-state index contributed by atoms with van der Waals surface area (Å²) in [5.74, 6) is 0.179. The fraction of sp³-hybridized carbons (Fsp3) is 0.267. The molecule has 214 valence electrons. The number of hydrogen-bond acceptors (Lipinski definition) is 6. The van der Waals surface area contributed by atoms with Gasteiger partial charge in [0, 0.05) is 65.4 Å². The molecule has 2 aromatic carbocycles. The molecule has 8 nitrogen and oxygen atoms in total. The van der Waals surface area contributed by atoms with Gasteiger partial charge in [0.1, 0.15) is 29.3 Å². The normalized spacial score (nSPS) is 19.7. The molecule has 0 radical (unpaired) electrons. The molecule has 12 heteroatoms. The molecule has 0 N–H and O–H groups in total. The van der Waals surface area contributed by atoms with Gasteiger partial charge in [0.05, 0.1) is 23.3 Å². The number of rotatable bonds is 5. The zero-order valence-electron chi connectivity index (χ0n) is 22.5. The standard InChI is InChI=1S/C30H26ClF2N7OS/c1-4-26(41)39-11-10-37(15-20(39)14-34-3)30-23-13-24(31)27(22-7-6-19(32)12-25(22)33)29-28(23)40(18(2)36-30)21(17-42-29)16-38-9-5-8-35-38/h4-9,12-13,20-21H,1-2,10-11,14-17H2/t20-,21?/m0/s1. The lowest BCUT2D eigenvalue weighted by Gasteiger charge is -2.46. The molecule has 1 amide bonds. The average molecular weight is 606 g/mol. The maximum Gasteiger partial charge on any atom is 0.246 e. The number of piperazine rings is 1. The van der Waals surface area contributed by atoms with Crippen molar-refractivity contribution in [3.05, 3.63) is 101 Å². The lowest BCUT2D eigenvalue weighted by Crippen LogP contribution is -2.58. The van der Waals surface area contributed by atoms with Crippen LogP contribution >= 0.6 is 23.4 Å². The van der Waals surface area contributed by atoms with Crippen molar-refractivity contribution >= 4 is 40.8 Å². The number of carbonyl (C=O) groups excluding carboxylic acids is 1. The number of amidine groups is 1. The van der Waals surface area contributed by atoms with Gasteiger partial charge in [-0.1, -0.05) is 24.8 Å². The predicted octanol–water partition coefficient (Wildman–Crippen LogP) is 5.31. The molecule has 1 fully saturated rings. The first-order valence-corrected chi connectivity index (χ1v) is 14.7. The van der Waals surface area contributed by atoms with Crippen LogP contribution in [0.5, 0.6) is 0 Å². The molecule has 3 aliphatic heterocycles. The van der Waals surface area contributed by atoms with E-state index in [0.29, 0.717) is 54.2 Å². The van der Waals surface area contributed by atoms with Crippen LogP contribution in [0.4, 0.5) is 14.5 Å². The third kappa shape index (κ3) is 4.84. The quantitative estimate of drug-likeness (QED) is 0.291. The minimum absolute atomic E-state index is 0.0667. The number of thioether (sulfide) groups is 1. The van der Waals surface area contributed by atoms with Crippen molar-refractivity contribution < 1.29 is 13.6 Å². The minimum Gasteiger partial charge on any atom is -0.352 e. The number of anilines is 1. The summed E-state index contributed by atoms with van der Waals surface area (Å²) in [5, 5.41) is 4.69. The highest BCUT2D eigenvalue weighted by Crippen LogP contribution is 2.52. The number of hydrogen-bond donors (Lipinski definition) is 0. The second-order valence-electron chi connectivity index (χ2n) is 10.2. The Hall–Kier alpha value is -4.14. The second-order valence-corrected chi connectivity index (χ2v) is 11.6. The Morgan fingerprint density at radius 2 is 2.07 bits per heavy atom. The minimum atomic E-state index is -0.701. The Bertz CT molecular complexity index is 1670. The smallest absolute Gasteiger partial charge is 0.246 e. The lowest BCUT2D eigenvalue weighted by molar-refractivity contribution is -0.129. The van der Waals surface area contributed by atoms with E-state index in [0.717, 1.165) is 22.2 Å². The summed E-state index contributed by atoms with van der Waals surface area (Å²) in [6.45, 7) is 17.3. The van der Waals surface area contributed by atoms with E-state index in [1.165, 1.54) is 18.2 Å². The third-order valence-electron chi connectivity index (χ3n) is 7.69. The molecule has 0 bridgehead atoms. The summed E-state index contributed by atoms with van der Waals surface area (Å²) in [5.41, 5.74) is 2.24. The van der Waals surface area contributed by atoms with E-state index in [1.54, 1.807) is 28.9 Å². The van der Waals surface area contributed by atoms with Crippen LogP contribution in [-0.4, -0.2) is 75.3 Å². The number of benzene rings is 2. The average Bonchev–Trinajstić information content (AvgIpc) is 3.49. The molecule has 1 aromatic heterocycles. The van der Waals surface area contributed by atoms with Crippen molar-refractivity contribution in [3.8, 4) is 11.1 Å². The van der Waals surface area contributed by atoms with Crippen LogP contribution in [0.2, 0.25) is 5.02 Å². The van der Waals surface area contributed by atoms with Gasteiger partial charge in [-0.2, -0.15) is 5.10 Å². The summed E-state index contributed by atoms with van der Waals surface area (Å²) in [4.78, 5) is 27.6. The van der Waals surface area contributed by atoms with E-state index >= 15 is 4.39 Å². The van der Waals surface area contributed by atoms with E-state index in [2.05, 4.69) is 32.9 Å². The largest absolute Gasteiger partial charge is 0.352 e. The van der Waals surface area contributed by atoms with Gasteiger partial charge < -0.3 is 19.5 Å². The highest BCUT2D eigenvalue weighted by molar-refractivity contribution is 7.99. The van der Waals surface area contributed by atoms with Crippen molar-refractivity contribution in [2.24, 2.45) is 4.99 Å². The molecule has 42 heavy (non-hydrogen) atoms. The lowest BCUT2D eigenvalue weighted by atomic mass is 9.97. The van der Waals surface area contributed by atoms with Gasteiger partial charge in [-0.05, 0) is 30.3 Å². The van der Waals surface area contributed by atoms with E-state index < -0.39 is 11.6 Å². The maximum atomic E-state index is 15.2. The summed E-state index contributed by atoms with van der Waals surface area (Å²) in [6.07, 6.45) is 4.89. The molecule has 4 heterocycles. The molecular weight excluding hydrogens is 580 g/mol. The van der Waals surface area contributed by atoms with Crippen molar-refractivity contribution in [2.45, 2.75) is 23.5 Å². The van der Waals surface area contributed by atoms with E-state index in [4.69, 9.17) is 23.2 Å². The molecule has 3 aliphatic rings. The molecule has 3 aromatic rings. The topological polar surface area (TPSA) is 61.3 Å². The first kappa shape index (κ1) is 28.0. The molecule has 1 unspecified atom stereocenters. The number of aliphatic imine (C=N–C) groups is 1. The van der Waals surface area contributed by atoms with Crippen LogP contribution in [0.3, 0.4) is 0 Å². The Kier molecular flexibility index (Phi) is 7.51. The number of carbonyl (C=O) groups is 1. The second kappa shape index (κ2) is 11.3. The summed E-state index contributed by atoms with van der Waals surface area (Å²) in [7, 11) is 0. The van der Waals surface area contributed by atoms with Crippen LogP contribution in [0.25, 0.3) is 16.0 Å². The fourth-order valence-corrected chi connectivity index (χ4v) is 7.52. The molecule has 0 spiro atoms. The molecule has 0 saturated carbocycles. The van der Waals surface area contributed by atoms with Gasteiger partial charge in [0.25, 0.3) is 0 Å². The SMILES string of the molecule is [C-]#[N+]C[C@H]1CN(C2=NC(=C)N3c4c2cc(Cl)c(-c2ccc(F)cc2F)c4SCC3Cn2cccn2)CCN1C(=O)C=C.